The van der Waals surface area contributed by atoms with Crippen LogP contribution in [0, 0.1) is 0 Å². The predicted molar refractivity (Wildman–Crippen MR) is 128 cm³/mol. The molecule has 7 heteroatoms. The first-order valence-corrected chi connectivity index (χ1v) is 11.3. The topological polar surface area (TPSA) is 52.5 Å². The van der Waals surface area contributed by atoms with Gasteiger partial charge in [-0.2, -0.15) is 5.10 Å². The van der Waals surface area contributed by atoms with Gasteiger partial charge in [-0.15, -0.1) is 0 Å². The predicted octanol–water partition coefficient (Wildman–Crippen LogP) is 6.00. The van der Waals surface area contributed by atoms with E-state index >= 15 is 0 Å². The third-order valence-electron chi connectivity index (χ3n) is 5.94. The average molecular weight is 465 g/mol. The van der Waals surface area contributed by atoms with E-state index in [0.717, 1.165) is 40.3 Å². The van der Waals surface area contributed by atoms with Gasteiger partial charge in [-0.25, -0.2) is 5.01 Å². The molecule has 3 aromatic rings. The van der Waals surface area contributed by atoms with Crippen LogP contribution >= 0.6 is 11.6 Å². The second-order valence-corrected chi connectivity index (χ2v) is 8.31. The lowest BCUT2D eigenvalue weighted by Gasteiger charge is -2.38. The molecule has 2 atom stereocenters. The van der Waals surface area contributed by atoms with E-state index in [1.165, 1.54) is 0 Å². The molecule has 0 amide bonds. The summed E-state index contributed by atoms with van der Waals surface area (Å²) in [6.07, 6.45) is 0.358. The molecule has 0 aromatic heterocycles. The van der Waals surface area contributed by atoms with Crippen LogP contribution < -0.4 is 18.9 Å². The van der Waals surface area contributed by atoms with Gasteiger partial charge in [0.1, 0.15) is 11.5 Å². The number of methoxy groups -OCH3 is 2. The summed E-state index contributed by atoms with van der Waals surface area (Å²) in [7, 11) is 3.26. The Bertz CT molecular complexity index is 1200. The molecule has 33 heavy (non-hydrogen) atoms. The second-order valence-electron chi connectivity index (χ2n) is 7.87. The number of fused-ring (bicyclic) bond motifs is 3. The van der Waals surface area contributed by atoms with E-state index < -0.39 is 0 Å². The molecular formula is C26H25ClN2O4. The van der Waals surface area contributed by atoms with Gasteiger partial charge in [0, 0.05) is 28.1 Å². The fraction of sp³-hybridized carbons (Fsp3) is 0.269. The summed E-state index contributed by atoms with van der Waals surface area (Å²) in [4.78, 5) is 0. The molecule has 3 aromatic carbocycles. The van der Waals surface area contributed by atoms with E-state index in [2.05, 4.69) is 0 Å². The highest BCUT2D eigenvalue weighted by atomic mass is 35.5. The largest absolute Gasteiger partial charge is 0.494 e. The Kier molecular flexibility index (Phi) is 5.77. The maximum atomic E-state index is 6.43. The molecule has 0 bridgehead atoms. The molecule has 6 nitrogen and oxygen atoms in total. The Balaban J connectivity index is 1.55. The van der Waals surface area contributed by atoms with Crippen molar-refractivity contribution in [3.8, 4) is 23.0 Å². The summed E-state index contributed by atoms with van der Waals surface area (Å²) in [6.45, 7) is 2.60. The minimum atomic E-state index is -0.364. The summed E-state index contributed by atoms with van der Waals surface area (Å²) in [5, 5.41) is 7.72. The molecule has 2 aliphatic heterocycles. The highest BCUT2D eigenvalue weighted by molar-refractivity contribution is 6.30. The SMILES string of the molecule is CCOc1ccc([C@@H]2Oc3ccc(Cl)cc3[C@@H]3CC(c4ccc(OC)c(OC)c4)=NN32)cc1. The van der Waals surface area contributed by atoms with Gasteiger partial charge in [0.25, 0.3) is 0 Å². The van der Waals surface area contributed by atoms with E-state index in [1.54, 1.807) is 14.2 Å². The van der Waals surface area contributed by atoms with Crippen LogP contribution in [0.15, 0.2) is 65.8 Å². The number of rotatable bonds is 6. The molecule has 0 aliphatic carbocycles. The number of halogens is 1. The number of hydrogen-bond acceptors (Lipinski definition) is 6. The van der Waals surface area contributed by atoms with Crippen molar-refractivity contribution in [2.75, 3.05) is 20.8 Å². The quantitative estimate of drug-likeness (QED) is 0.448. The number of benzene rings is 3. The van der Waals surface area contributed by atoms with Crippen molar-refractivity contribution in [1.29, 1.82) is 0 Å². The van der Waals surface area contributed by atoms with Crippen LogP contribution in [0.1, 0.15) is 42.3 Å². The standard InChI is InChI=1S/C26H25ClN2O4/c1-4-32-19-9-5-16(6-10-19)26-29-22(20-14-18(27)8-12-23(20)33-26)15-21(28-29)17-7-11-24(30-2)25(13-17)31-3/h5-14,22,26H,4,15H2,1-3H3/t22-,26-/m0/s1. The monoisotopic (exact) mass is 464 g/mol. The molecule has 2 aliphatic rings. The third kappa shape index (κ3) is 3.95. The van der Waals surface area contributed by atoms with Crippen LogP contribution in [0.5, 0.6) is 23.0 Å². The van der Waals surface area contributed by atoms with Crippen molar-refractivity contribution >= 4 is 17.3 Å². The van der Waals surface area contributed by atoms with Gasteiger partial charge < -0.3 is 18.9 Å². The zero-order valence-electron chi connectivity index (χ0n) is 18.7. The van der Waals surface area contributed by atoms with Crippen LogP contribution in [0.2, 0.25) is 5.02 Å². The summed E-state index contributed by atoms with van der Waals surface area (Å²) in [6, 6.07) is 19.6. The summed E-state index contributed by atoms with van der Waals surface area (Å²) < 4.78 is 22.9. The van der Waals surface area contributed by atoms with Crippen molar-refractivity contribution in [3.05, 3.63) is 82.4 Å². The van der Waals surface area contributed by atoms with E-state index in [4.69, 9.17) is 35.6 Å². The van der Waals surface area contributed by atoms with Crippen molar-refractivity contribution in [1.82, 2.24) is 5.01 Å². The third-order valence-corrected chi connectivity index (χ3v) is 6.18. The Hall–Kier alpha value is -3.38. The fourth-order valence-electron chi connectivity index (χ4n) is 4.36. The summed E-state index contributed by atoms with van der Waals surface area (Å²) in [5.74, 6) is 3.01. The normalized spacial score (nSPS) is 18.7. The van der Waals surface area contributed by atoms with Crippen LogP contribution in [0.4, 0.5) is 0 Å². The zero-order valence-corrected chi connectivity index (χ0v) is 19.5. The van der Waals surface area contributed by atoms with E-state index in [-0.39, 0.29) is 12.3 Å². The first kappa shape index (κ1) is 21.5. The van der Waals surface area contributed by atoms with Gasteiger partial charge in [-0.3, -0.25) is 0 Å². The molecule has 0 spiro atoms. The van der Waals surface area contributed by atoms with Crippen molar-refractivity contribution in [2.45, 2.75) is 25.6 Å². The van der Waals surface area contributed by atoms with E-state index in [1.807, 2.05) is 72.6 Å². The lowest BCUT2D eigenvalue weighted by atomic mass is 9.95. The van der Waals surface area contributed by atoms with Gasteiger partial charge in [0.15, 0.2) is 11.5 Å². The van der Waals surface area contributed by atoms with Crippen LogP contribution in [-0.4, -0.2) is 31.5 Å². The highest BCUT2D eigenvalue weighted by Gasteiger charge is 2.41. The Labute approximate surface area is 198 Å². The van der Waals surface area contributed by atoms with Crippen LogP contribution in [-0.2, 0) is 0 Å². The van der Waals surface area contributed by atoms with Crippen molar-refractivity contribution < 1.29 is 18.9 Å². The van der Waals surface area contributed by atoms with Gasteiger partial charge in [-0.1, -0.05) is 11.6 Å². The molecule has 0 saturated heterocycles. The molecule has 5 rings (SSSR count). The minimum Gasteiger partial charge on any atom is -0.494 e. The van der Waals surface area contributed by atoms with Gasteiger partial charge in [0.05, 0.1) is 32.6 Å². The average Bonchev–Trinajstić information content (AvgIpc) is 3.30. The van der Waals surface area contributed by atoms with Gasteiger partial charge in [0.2, 0.25) is 6.23 Å². The smallest absolute Gasteiger partial charge is 0.213 e. The number of hydrazone groups is 1. The molecule has 2 heterocycles. The Morgan fingerprint density at radius 1 is 1.00 bits per heavy atom. The zero-order chi connectivity index (χ0) is 22.9. The van der Waals surface area contributed by atoms with Crippen molar-refractivity contribution in [2.24, 2.45) is 5.10 Å². The molecule has 0 saturated carbocycles. The molecule has 0 N–H and O–H groups in total. The first-order valence-electron chi connectivity index (χ1n) is 10.9. The van der Waals surface area contributed by atoms with Crippen LogP contribution in [0.3, 0.4) is 0 Å². The van der Waals surface area contributed by atoms with E-state index in [0.29, 0.717) is 23.1 Å². The minimum absolute atomic E-state index is 0.00659. The lowest BCUT2D eigenvalue weighted by molar-refractivity contribution is -0.0190. The fourth-order valence-corrected chi connectivity index (χ4v) is 4.54. The first-order chi connectivity index (χ1) is 16.1. The maximum Gasteiger partial charge on any atom is 0.213 e. The Morgan fingerprint density at radius 2 is 1.79 bits per heavy atom. The van der Waals surface area contributed by atoms with Gasteiger partial charge >= 0.3 is 0 Å². The molecule has 170 valence electrons. The van der Waals surface area contributed by atoms with Gasteiger partial charge in [-0.05, 0) is 67.6 Å². The summed E-state index contributed by atoms with van der Waals surface area (Å²) >= 11 is 6.34. The molecule has 0 unspecified atom stereocenters. The Morgan fingerprint density at radius 3 is 2.52 bits per heavy atom. The van der Waals surface area contributed by atoms with Crippen molar-refractivity contribution in [3.63, 3.8) is 0 Å². The lowest BCUT2D eigenvalue weighted by Crippen LogP contribution is -2.33. The van der Waals surface area contributed by atoms with E-state index in [9.17, 15) is 0 Å². The molecule has 0 fully saturated rings. The number of ether oxygens (including phenoxy) is 4. The van der Waals surface area contributed by atoms with Crippen LogP contribution in [0.25, 0.3) is 0 Å². The highest BCUT2D eigenvalue weighted by Crippen LogP contribution is 2.48. The number of hydrogen-bond donors (Lipinski definition) is 0. The molecular weight excluding hydrogens is 440 g/mol. The second kappa shape index (κ2) is 8.87. The number of nitrogens with zero attached hydrogens (tertiary/aromatic N) is 2. The maximum absolute atomic E-state index is 6.43. The molecule has 0 radical (unpaired) electrons. The summed E-state index contributed by atoms with van der Waals surface area (Å²) in [5.41, 5.74) is 3.97.